The number of nitrogens with zero attached hydrogens (tertiary/aromatic N) is 4. The topological polar surface area (TPSA) is 102 Å². The Morgan fingerprint density at radius 2 is 2.32 bits per heavy atom. The molecule has 0 spiro atoms. The van der Waals surface area contributed by atoms with Gasteiger partial charge in [0.2, 0.25) is 11.6 Å². The Bertz CT molecular complexity index is 530. The van der Waals surface area contributed by atoms with E-state index in [1.807, 2.05) is 0 Å². The fourth-order valence-corrected chi connectivity index (χ4v) is 3.13. The maximum Gasteiger partial charge on any atom is 0.406 e. The number of hydrogen-bond acceptors (Lipinski definition) is 6. The number of aliphatic carboxylic acids is 1. The molecule has 104 valence electrons. The summed E-state index contributed by atoms with van der Waals surface area (Å²) in [6, 6.07) is -0.757. The van der Waals surface area contributed by atoms with Gasteiger partial charge in [0.25, 0.3) is 0 Å². The molecule has 0 amide bonds. The molecule has 1 saturated heterocycles. The Hall–Kier alpha value is -1.77. The fourth-order valence-electron chi connectivity index (χ4n) is 2.09. The van der Waals surface area contributed by atoms with Crippen LogP contribution >= 0.6 is 11.8 Å². The van der Waals surface area contributed by atoms with E-state index in [9.17, 15) is 20.0 Å². The quantitative estimate of drug-likeness (QED) is 0.642. The van der Waals surface area contributed by atoms with E-state index in [0.29, 0.717) is 18.1 Å². The second-order valence-corrected chi connectivity index (χ2v) is 5.39. The summed E-state index contributed by atoms with van der Waals surface area (Å²) in [4.78, 5) is 27.2. The number of aryl methyl sites for hydroxylation is 1. The van der Waals surface area contributed by atoms with Crippen molar-refractivity contribution in [3.8, 4) is 0 Å². The molecule has 1 aliphatic rings. The van der Waals surface area contributed by atoms with E-state index < -0.39 is 16.9 Å². The van der Waals surface area contributed by atoms with Gasteiger partial charge in [0.05, 0.1) is 0 Å². The minimum absolute atomic E-state index is 0.273. The van der Waals surface area contributed by atoms with E-state index in [0.717, 1.165) is 5.75 Å². The zero-order valence-corrected chi connectivity index (χ0v) is 11.4. The first kappa shape index (κ1) is 13.7. The van der Waals surface area contributed by atoms with Crippen molar-refractivity contribution in [2.75, 3.05) is 23.0 Å². The molecule has 1 atom stereocenters. The van der Waals surface area contributed by atoms with Gasteiger partial charge in [-0.05, 0) is 9.91 Å². The number of anilines is 1. The number of carboxylic acid groups (broad SMARTS) is 1. The number of aromatic nitrogens is 2. The van der Waals surface area contributed by atoms with Crippen molar-refractivity contribution in [1.29, 1.82) is 0 Å². The van der Waals surface area contributed by atoms with Gasteiger partial charge in [-0.1, -0.05) is 0 Å². The van der Waals surface area contributed by atoms with Crippen LogP contribution in [0.5, 0.6) is 0 Å². The van der Waals surface area contributed by atoms with Crippen molar-refractivity contribution in [3.63, 3.8) is 0 Å². The van der Waals surface area contributed by atoms with E-state index in [2.05, 4.69) is 4.98 Å². The van der Waals surface area contributed by atoms with Crippen LogP contribution in [-0.2, 0) is 11.8 Å². The first-order chi connectivity index (χ1) is 8.93. The van der Waals surface area contributed by atoms with Gasteiger partial charge in [-0.3, -0.25) is 4.57 Å². The zero-order chi connectivity index (χ0) is 14.2. The van der Waals surface area contributed by atoms with Crippen molar-refractivity contribution >= 4 is 29.4 Å². The highest BCUT2D eigenvalue weighted by Crippen LogP contribution is 2.32. The molecule has 1 unspecified atom stereocenters. The molecule has 0 bridgehead atoms. The summed E-state index contributed by atoms with van der Waals surface area (Å²) in [5, 5.41) is 20.3. The number of carbonyl (C=O) groups is 1. The van der Waals surface area contributed by atoms with Crippen molar-refractivity contribution in [2.24, 2.45) is 7.05 Å². The van der Waals surface area contributed by atoms with Crippen LogP contribution in [0.2, 0.25) is 0 Å². The Kier molecular flexibility index (Phi) is 3.65. The first-order valence-electron chi connectivity index (χ1n) is 5.68. The molecule has 1 aliphatic heterocycles. The number of nitro groups is 1. The van der Waals surface area contributed by atoms with Gasteiger partial charge in [0.1, 0.15) is 6.04 Å². The second-order valence-electron chi connectivity index (χ2n) is 4.24. The summed E-state index contributed by atoms with van der Waals surface area (Å²) < 4.78 is 1.57. The van der Waals surface area contributed by atoms with E-state index in [1.165, 1.54) is 11.8 Å². The predicted octanol–water partition coefficient (Wildman–Crippen LogP) is 0.643. The minimum atomic E-state index is -0.972. The summed E-state index contributed by atoms with van der Waals surface area (Å²) in [6.07, 6.45) is 0. The lowest BCUT2D eigenvalue weighted by molar-refractivity contribution is -0.388. The zero-order valence-electron chi connectivity index (χ0n) is 10.6. The monoisotopic (exact) mass is 286 g/mol. The van der Waals surface area contributed by atoms with Crippen LogP contribution < -0.4 is 4.90 Å². The van der Waals surface area contributed by atoms with Gasteiger partial charge in [0, 0.05) is 32.0 Å². The maximum atomic E-state index is 11.3. The van der Waals surface area contributed by atoms with Gasteiger partial charge in [-0.25, -0.2) is 4.79 Å². The van der Waals surface area contributed by atoms with Crippen LogP contribution in [0.15, 0.2) is 0 Å². The van der Waals surface area contributed by atoms with Gasteiger partial charge in [0.15, 0.2) is 0 Å². The van der Waals surface area contributed by atoms with Gasteiger partial charge in [-0.2, -0.15) is 11.8 Å². The van der Waals surface area contributed by atoms with Gasteiger partial charge in [-0.15, -0.1) is 0 Å². The maximum absolute atomic E-state index is 11.3. The third-order valence-corrected chi connectivity index (χ3v) is 4.15. The summed E-state index contributed by atoms with van der Waals surface area (Å²) in [5.74, 6) is 0.666. The van der Waals surface area contributed by atoms with Gasteiger partial charge < -0.3 is 20.1 Å². The number of carboxylic acids is 1. The average molecular weight is 286 g/mol. The summed E-state index contributed by atoms with van der Waals surface area (Å²) >= 11 is 1.53. The fraction of sp³-hybridized carbons (Fsp3) is 0.600. The highest BCUT2D eigenvalue weighted by Gasteiger charge is 2.37. The molecular formula is C10H14N4O4S. The summed E-state index contributed by atoms with van der Waals surface area (Å²) in [5.41, 5.74) is 0. The molecule has 9 heteroatoms. The summed E-state index contributed by atoms with van der Waals surface area (Å²) in [6.45, 7) is 2.12. The van der Waals surface area contributed by atoms with Crippen molar-refractivity contribution in [1.82, 2.24) is 9.55 Å². The number of thioether (sulfide) groups is 1. The SMILES string of the molecule is Cc1nc([N+](=O)[O-])c(N2CCSCC2C(=O)O)n1C. The highest BCUT2D eigenvalue weighted by atomic mass is 32.2. The molecule has 0 radical (unpaired) electrons. The summed E-state index contributed by atoms with van der Waals surface area (Å²) in [7, 11) is 1.66. The Morgan fingerprint density at radius 3 is 2.89 bits per heavy atom. The molecule has 2 rings (SSSR count). The van der Waals surface area contributed by atoms with Gasteiger partial charge >= 0.3 is 11.8 Å². The Balaban J connectivity index is 2.49. The Labute approximate surface area is 113 Å². The molecule has 1 fully saturated rings. The molecule has 8 nitrogen and oxygen atoms in total. The predicted molar refractivity (Wildman–Crippen MR) is 70.7 cm³/mol. The lowest BCUT2D eigenvalue weighted by atomic mass is 10.2. The molecule has 2 heterocycles. The molecule has 0 aromatic carbocycles. The molecule has 1 aromatic heterocycles. The Morgan fingerprint density at radius 1 is 1.63 bits per heavy atom. The second kappa shape index (κ2) is 5.08. The van der Waals surface area contributed by atoms with Crippen molar-refractivity contribution in [2.45, 2.75) is 13.0 Å². The normalized spacial score (nSPS) is 19.5. The van der Waals surface area contributed by atoms with Crippen LogP contribution in [0.25, 0.3) is 0 Å². The molecule has 0 saturated carbocycles. The smallest absolute Gasteiger partial charge is 0.406 e. The molecule has 1 aromatic rings. The number of rotatable bonds is 3. The molecule has 0 aliphatic carbocycles. The third kappa shape index (κ3) is 2.37. The standard InChI is InChI=1S/C10H14N4O4S/c1-6-11-8(14(17)18)9(12(6)2)13-3-4-19-5-7(13)10(15)16/h7H,3-5H2,1-2H3,(H,15,16). The van der Waals surface area contributed by atoms with Crippen LogP contribution in [0, 0.1) is 17.0 Å². The lowest BCUT2D eigenvalue weighted by Crippen LogP contribution is -2.48. The van der Waals surface area contributed by atoms with E-state index >= 15 is 0 Å². The first-order valence-corrected chi connectivity index (χ1v) is 6.84. The molecule has 1 N–H and O–H groups in total. The van der Waals surface area contributed by atoms with Crippen molar-refractivity contribution in [3.05, 3.63) is 15.9 Å². The largest absolute Gasteiger partial charge is 0.480 e. The van der Waals surface area contributed by atoms with E-state index in [1.54, 1.807) is 23.4 Å². The average Bonchev–Trinajstić information content (AvgIpc) is 2.66. The lowest BCUT2D eigenvalue weighted by Gasteiger charge is -2.33. The van der Waals surface area contributed by atoms with Crippen molar-refractivity contribution < 1.29 is 14.8 Å². The van der Waals surface area contributed by atoms with E-state index in [-0.39, 0.29) is 11.6 Å². The molecule has 19 heavy (non-hydrogen) atoms. The highest BCUT2D eigenvalue weighted by molar-refractivity contribution is 7.99. The van der Waals surface area contributed by atoms with Crippen LogP contribution in [-0.4, -0.2) is 49.6 Å². The molecular weight excluding hydrogens is 272 g/mol. The van der Waals surface area contributed by atoms with E-state index in [4.69, 9.17) is 0 Å². The number of imidazole rings is 1. The van der Waals surface area contributed by atoms with Crippen LogP contribution in [0.1, 0.15) is 5.82 Å². The minimum Gasteiger partial charge on any atom is -0.480 e. The number of hydrogen-bond donors (Lipinski definition) is 1. The van der Waals surface area contributed by atoms with Crippen LogP contribution in [0.3, 0.4) is 0 Å². The third-order valence-electron chi connectivity index (χ3n) is 3.13. The van der Waals surface area contributed by atoms with Crippen LogP contribution in [0.4, 0.5) is 11.6 Å².